The number of ether oxygens (including phenoxy) is 2. The summed E-state index contributed by atoms with van der Waals surface area (Å²) in [6.07, 6.45) is 5.84. The van der Waals surface area contributed by atoms with Crippen LogP contribution in [-0.2, 0) is 15.9 Å². The maximum atomic E-state index is 11.8. The van der Waals surface area contributed by atoms with Crippen molar-refractivity contribution in [3.8, 4) is 5.75 Å². The van der Waals surface area contributed by atoms with Gasteiger partial charge in [-0.1, -0.05) is 34.6 Å². The zero-order chi connectivity index (χ0) is 18.9. The quantitative estimate of drug-likeness (QED) is 0.604. The summed E-state index contributed by atoms with van der Waals surface area (Å²) >= 11 is 0. The van der Waals surface area contributed by atoms with Gasteiger partial charge in [0.2, 0.25) is 5.43 Å². The summed E-state index contributed by atoms with van der Waals surface area (Å²) in [6, 6.07) is 0. The molecule has 0 spiro atoms. The van der Waals surface area contributed by atoms with Gasteiger partial charge in [-0.2, -0.15) is 0 Å². The molecule has 0 bridgehead atoms. The van der Waals surface area contributed by atoms with Crippen molar-refractivity contribution >= 4 is 0 Å². The first-order chi connectivity index (χ1) is 11.6. The fourth-order valence-corrected chi connectivity index (χ4v) is 2.27. The SMILES string of the molecule is CC(C)(C)CCOCCOCCC(C)(C)CCc1cocc(O)c1=O. The van der Waals surface area contributed by atoms with Gasteiger partial charge in [-0.3, -0.25) is 4.79 Å². The number of aromatic hydroxyl groups is 1. The van der Waals surface area contributed by atoms with Gasteiger partial charge in [0.15, 0.2) is 5.75 Å². The summed E-state index contributed by atoms with van der Waals surface area (Å²) in [5.74, 6) is -0.329. The Kier molecular flexibility index (Phi) is 8.66. The zero-order valence-corrected chi connectivity index (χ0v) is 16.4. The van der Waals surface area contributed by atoms with Crippen molar-refractivity contribution in [3.63, 3.8) is 0 Å². The van der Waals surface area contributed by atoms with Crippen LogP contribution in [-0.4, -0.2) is 31.5 Å². The van der Waals surface area contributed by atoms with Crippen LogP contribution in [0.25, 0.3) is 0 Å². The molecule has 0 amide bonds. The van der Waals surface area contributed by atoms with E-state index in [0.717, 1.165) is 32.1 Å². The monoisotopic (exact) mass is 354 g/mol. The number of aryl methyl sites for hydroxylation is 1. The molecule has 25 heavy (non-hydrogen) atoms. The van der Waals surface area contributed by atoms with Gasteiger partial charge in [0.25, 0.3) is 0 Å². The largest absolute Gasteiger partial charge is 0.502 e. The Morgan fingerprint density at radius 2 is 1.52 bits per heavy atom. The summed E-state index contributed by atoms with van der Waals surface area (Å²) in [4.78, 5) is 11.8. The van der Waals surface area contributed by atoms with Crippen LogP contribution in [0.15, 0.2) is 21.7 Å². The highest BCUT2D eigenvalue weighted by atomic mass is 16.5. The van der Waals surface area contributed by atoms with Crippen LogP contribution < -0.4 is 5.43 Å². The van der Waals surface area contributed by atoms with E-state index in [-0.39, 0.29) is 16.6 Å². The summed E-state index contributed by atoms with van der Waals surface area (Å²) in [7, 11) is 0. The van der Waals surface area contributed by atoms with Gasteiger partial charge < -0.3 is 19.0 Å². The summed E-state index contributed by atoms with van der Waals surface area (Å²) < 4.78 is 16.2. The van der Waals surface area contributed by atoms with Crippen molar-refractivity contribution in [1.29, 1.82) is 0 Å². The molecular formula is C20H34O5. The minimum Gasteiger partial charge on any atom is -0.502 e. The van der Waals surface area contributed by atoms with Gasteiger partial charge in [0.05, 0.1) is 19.5 Å². The van der Waals surface area contributed by atoms with E-state index in [1.165, 1.54) is 6.26 Å². The maximum absolute atomic E-state index is 11.8. The van der Waals surface area contributed by atoms with Gasteiger partial charge in [0.1, 0.15) is 6.26 Å². The molecule has 5 nitrogen and oxygen atoms in total. The highest BCUT2D eigenvalue weighted by Gasteiger charge is 2.19. The first-order valence-corrected chi connectivity index (χ1v) is 9.05. The Labute approximate surface area is 151 Å². The molecule has 1 heterocycles. The van der Waals surface area contributed by atoms with E-state index in [0.29, 0.717) is 37.2 Å². The minimum atomic E-state index is -0.342. The molecule has 0 aliphatic rings. The molecule has 1 aromatic rings. The highest BCUT2D eigenvalue weighted by Crippen LogP contribution is 2.26. The molecule has 0 fully saturated rings. The van der Waals surface area contributed by atoms with Gasteiger partial charge >= 0.3 is 0 Å². The third-order valence-electron chi connectivity index (χ3n) is 4.28. The molecule has 0 aliphatic heterocycles. The molecule has 0 aliphatic carbocycles. The second-order valence-corrected chi connectivity index (χ2v) is 8.56. The standard InChI is InChI=1S/C20H34O5/c1-19(2,3)8-10-23-12-13-24-11-9-20(4,5)7-6-16-14-25-15-17(21)18(16)22/h14-15,21H,6-13H2,1-5H3. The van der Waals surface area contributed by atoms with Gasteiger partial charge in [-0.15, -0.1) is 0 Å². The third-order valence-corrected chi connectivity index (χ3v) is 4.28. The van der Waals surface area contributed by atoms with Crippen molar-refractivity contribution in [1.82, 2.24) is 0 Å². The van der Waals surface area contributed by atoms with Crippen LogP contribution in [0.2, 0.25) is 0 Å². The molecular weight excluding hydrogens is 320 g/mol. The summed E-state index contributed by atoms with van der Waals surface area (Å²) in [5.41, 5.74) is 0.523. The summed E-state index contributed by atoms with van der Waals surface area (Å²) in [5, 5.41) is 9.40. The fraction of sp³-hybridized carbons (Fsp3) is 0.750. The molecule has 1 rings (SSSR count). The van der Waals surface area contributed by atoms with E-state index < -0.39 is 0 Å². The number of rotatable bonds is 11. The Morgan fingerprint density at radius 3 is 2.12 bits per heavy atom. The Hall–Kier alpha value is -1.33. The fourth-order valence-electron chi connectivity index (χ4n) is 2.27. The van der Waals surface area contributed by atoms with Gasteiger partial charge in [-0.25, -0.2) is 0 Å². The van der Waals surface area contributed by atoms with E-state index in [2.05, 4.69) is 34.6 Å². The third kappa shape index (κ3) is 9.66. The van der Waals surface area contributed by atoms with Crippen molar-refractivity contribution in [2.24, 2.45) is 10.8 Å². The van der Waals surface area contributed by atoms with Crippen molar-refractivity contribution in [3.05, 3.63) is 28.3 Å². The van der Waals surface area contributed by atoms with Gasteiger partial charge in [-0.05, 0) is 36.5 Å². The first kappa shape index (κ1) is 21.7. The van der Waals surface area contributed by atoms with Crippen molar-refractivity contribution in [2.45, 2.75) is 60.3 Å². The van der Waals surface area contributed by atoms with E-state index in [1.807, 2.05) is 0 Å². The molecule has 0 atom stereocenters. The predicted molar refractivity (Wildman–Crippen MR) is 99.1 cm³/mol. The average Bonchev–Trinajstić information content (AvgIpc) is 2.50. The molecule has 0 saturated heterocycles. The number of hydrogen-bond acceptors (Lipinski definition) is 5. The molecule has 1 N–H and O–H groups in total. The maximum Gasteiger partial charge on any atom is 0.229 e. The van der Waals surface area contributed by atoms with E-state index in [4.69, 9.17) is 13.9 Å². The number of hydrogen-bond donors (Lipinski definition) is 1. The van der Waals surface area contributed by atoms with Crippen molar-refractivity contribution < 1.29 is 19.0 Å². The van der Waals surface area contributed by atoms with Crippen LogP contribution in [0, 0.1) is 10.8 Å². The van der Waals surface area contributed by atoms with Crippen LogP contribution in [0.4, 0.5) is 0 Å². The molecule has 144 valence electrons. The van der Waals surface area contributed by atoms with Crippen LogP contribution in [0.5, 0.6) is 5.75 Å². The molecule has 0 unspecified atom stereocenters. The van der Waals surface area contributed by atoms with E-state index >= 15 is 0 Å². The first-order valence-electron chi connectivity index (χ1n) is 9.05. The van der Waals surface area contributed by atoms with Crippen molar-refractivity contribution in [2.75, 3.05) is 26.4 Å². The Morgan fingerprint density at radius 1 is 0.920 bits per heavy atom. The lowest BCUT2D eigenvalue weighted by Crippen LogP contribution is -2.19. The minimum absolute atomic E-state index is 0.0466. The molecule has 0 radical (unpaired) electrons. The lowest BCUT2D eigenvalue weighted by Gasteiger charge is -2.24. The van der Waals surface area contributed by atoms with E-state index in [1.54, 1.807) is 0 Å². The lowest BCUT2D eigenvalue weighted by molar-refractivity contribution is 0.0293. The van der Waals surface area contributed by atoms with Crippen LogP contribution in [0.1, 0.15) is 59.4 Å². The van der Waals surface area contributed by atoms with Gasteiger partial charge in [0, 0.05) is 18.8 Å². The normalized spacial score (nSPS) is 12.5. The second-order valence-electron chi connectivity index (χ2n) is 8.56. The van der Waals surface area contributed by atoms with Crippen LogP contribution >= 0.6 is 0 Å². The lowest BCUT2D eigenvalue weighted by atomic mass is 9.83. The topological polar surface area (TPSA) is 68.9 Å². The average molecular weight is 354 g/mol. The summed E-state index contributed by atoms with van der Waals surface area (Å²) in [6.45, 7) is 13.6. The highest BCUT2D eigenvalue weighted by molar-refractivity contribution is 5.20. The van der Waals surface area contributed by atoms with Crippen LogP contribution in [0.3, 0.4) is 0 Å². The van der Waals surface area contributed by atoms with E-state index in [9.17, 15) is 9.90 Å². The Bertz CT molecular complexity index is 554. The molecule has 1 aromatic heterocycles. The molecule has 0 saturated carbocycles. The molecule has 0 aromatic carbocycles. The smallest absolute Gasteiger partial charge is 0.229 e. The predicted octanol–water partition coefficient (Wildman–Crippen LogP) is 4.16. The zero-order valence-electron chi connectivity index (χ0n) is 16.4. The Balaban J connectivity index is 2.17. The second kappa shape index (κ2) is 9.97. The molecule has 5 heteroatoms.